The van der Waals surface area contributed by atoms with Gasteiger partial charge in [0.05, 0.1) is 47.1 Å². The Hall–Kier alpha value is -3.23. The molecule has 4 rings (SSSR count). The molecule has 0 bridgehead atoms. The van der Waals surface area contributed by atoms with Gasteiger partial charge >= 0.3 is 6.18 Å². The number of aryl methyl sites for hydroxylation is 1. The van der Waals surface area contributed by atoms with E-state index in [0.717, 1.165) is 10.9 Å². The summed E-state index contributed by atoms with van der Waals surface area (Å²) >= 11 is 0. The third-order valence-electron chi connectivity index (χ3n) is 6.54. The highest BCUT2D eigenvalue weighted by Crippen LogP contribution is 2.41. The van der Waals surface area contributed by atoms with E-state index in [1.54, 1.807) is 33.0 Å². The zero-order chi connectivity index (χ0) is 29.3. The monoisotopic (exact) mass is 587 g/mol. The minimum atomic E-state index is -4.37. The number of hydrogen-bond donors (Lipinski definition) is 1. The summed E-state index contributed by atoms with van der Waals surface area (Å²) in [6.45, 7) is 4.95. The van der Waals surface area contributed by atoms with Gasteiger partial charge in [-0.2, -0.15) is 27.8 Å². The van der Waals surface area contributed by atoms with Crippen molar-refractivity contribution < 1.29 is 31.0 Å². The van der Waals surface area contributed by atoms with Crippen LogP contribution in [-0.4, -0.2) is 57.6 Å². The van der Waals surface area contributed by atoms with E-state index in [-0.39, 0.29) is 37.2 Å². The summed E-state index contributed by atoms with van der Waals surface area (Å²) in [5.41, 5.74) is 1.39. The van der Waals surface area contributed by atoms with Crippen LogP contribution in [-0.2, 0) is 17.5 Å². The smallest absolute Gasteiger partial charge is 0.343 e. The Morgan fingerprint density at radius 2 is 1.90 bits per heavy atom. The maximum Gasteiger partial charge on any atom is 0.390 e. The fourth-order valence-electron chi connectivity index (χ4n) is 4.30. The van der Waals surface area contributed by atoms with E-state index in [9.17, 15) is 31.0 Å². The highest BCUT2D eigenvalue weighted by molar-refractivity contribution is 7.85. The van der Waals surface area contributed by atoms with Gasteiger partial charge in [0.2, 0.25) is 5.92 Å². The highest BCUT2D eigenvalue weighted by Gasteiger charge is 2.39. The molecule has 218 valence electrons. The molecule has 0 aromatic carbocycles. The Morgan fingerprint density at radius 1 is 1.20 bits per heavy atom. The highest BCUT2D eigenvalue weighted by atomic mass is 32.2. The molecule has 1 fully saturated rings. The number of aromatic nitrogens is 5. The van der Waals surface area contributed by atoms with Crippen LogP contribution in [0.5, 0.6) is 0 Å². The average Bonchev–Trinajstić information content (AvgIpc) is 3.50. The third kappa shape index (κ3) is 7.70. The summed E-state index contributed by atoms with van der Waals surface area (Å²) in [5.74, 6) is -3.75. The molecule has 1 aliphatic carbocycles. The van der Waals surface area contributed by atoms with Gasteiger partial charge in [-0.15, -0.1) is 0 Å². The molecule has 0 radical (unpaired) electrons. The number of rotatable bonds is 8. The van der Waals surface area contributed by atoms with Crippen LogP contribution in [0.25, 0.3) is 5.65 Å². The van der Waals surface area contributed by atoms with Gasteiger partial charge in [-0.25, -0.2) is 22.5 Å². The Labute approximate surface area is 229 Å². The van der Waals surface area contributed by atoms with Gasteiger partial charge in [-0.05, 0) is 45.6 Å². The summed E-state index contributed by atoms with van der Waals surface area (Å²) in [5, 5.41) is 11.0. The molecular formula is C25H30F5N7O2S. The van der Waals surface area contributed by atoms with Gasteiger partial charge in [0.1, 0.15) is 11.0 Å². The molecule has 9 nitrogen and oxygen atoms in total. The SMILES string of the molecule is CC(C)(C)[S@](=O)N=Cc1cnn2cc([C@@H](NC(=O)c3cnn(CCC(F)(F)F)c3)C3CCC(F)(F)CC3)nc2c1. The minimum absolute atomic E-state index is 0.0422. The molecule has 40 heavy (non-hydrogen) atoms. The van der Waals surface area contributed by atoms with Crippen molar-refractivity contribution in [3.8, 4) is 0 Å². The van der Waals surface area contributed by atoms with E-state index < -0.39 is 52.7 Å². The number of fused-ring (bicyclic) bond motifs is 1. The Balaban J connectivity index is 1.57. The number of carbonyl (C=O) groups excluding carboxylic acids is 1. The van der Waals surface area contributed by atoms with Gasteiger partial charge in [0.25, 0.3) is 5.91 Å². The molecule has 1 saturated carbocycles. The van der Waals surface area contributed by atoms with Crippen LogP contribution in [0.3, 0.4) is 0 Å². The first kappa shape index (κ1) is 29.7. The van der Waals surface area contributed by atoms with Crippen LogP contribution >= 0.6 is 0 Å². The lowest BCUT2D eigenvalue weighted by molar-refractivity contribution is -0.137. The first-order valence-corrected chi connectivity index (χ1v) is 13.8. The molecule has 2 atom stereocenters. The first-order chi connectivity index (χ1) is 18.6. The van der Waals surface area contributed by atoms with Crippen molar-refractivity contribution in [3.05, 3.63) is 47.7 Å². The average molecular weight is 588 g/mol. The largest absolute Gasteiger partial charge is 0.390 e. The molecular weight excluding hydrogens is 557 g/mol. The van der Waals surface area contributed by atoms with E-state index >= 15 is 0 Å². The molecule has 0 saturated heterocycles. The van der Waals surface area contributed by atoms with Crippen molar-refractivity contribution in [1.82, 2.24) is 29.7 Å². The van der Waals surface area contributed by atoms with E-state index in [1.165, 1.54) is 23.1 Å². The Kier molecular flexibility index (Phi) is 8.43. The lowest BCUT2D eigenvalue weighted by Crippen LogP contribution is -2.37. The van der Waals surface area contributed by atoms with Crippen molar-refractivity contribution in [2.45, 2.75) is 82.3 Å². The van der Waals surface area contributed by atoms with Gasteiger partial charge < -0.3 is 5.32 Å². The van der Waals surface area contributed by atoms with Crippen molar-refractivity contribution in [3.63, 3.8) is 0 Å². The van der Waals surface area contributed by atoms with E-state index in [2.05, 4.69) is 24.9 Å². The topological polar surface area (TPSA) is 107 Å². The van der Waals surface area contributed by atoms with Gasteiger partial charge in [0.15, 0.2) is 5.65 Å². The molecule has 0 unspecified atom stereocenters. The number of alkyl halides is 5. The fraction of sp³-hybridized carbons (Fsp3) is 0.560. The van der Waals surface area contributed by atoms with Crippen molar-refractivity contribution in [2.75, 3.05) is 0 Å². The van der Waals surface area contributed by atoms with Gasteiger partial charge in [-0.1, -0.05) is 0 Å². The summed E-state index contributed by atoms with van der Waals surface area (Å²) in [4.78, 5) is 17.7. The fourth-order valence-corrected chi connectivity index (χ4v) is 4.83. The van der Waals surface area contributed by atoms with Crippen LogP contribution in [0, 0.1) is 5.92 Å². The van der Waals surface area contributed by atoms with E-state index in [1.807, 2.05) is 0 Å². The second-order valence-corrected chi connectivity index (χ2v) is 12.8. The molecule has 15 heteroatoms. The normalized spacial score (nSPS) is 18.3. The summed E-state index contributed by atoms with van der Waals surface area (Å²) in [6, 6.07) is 0.910. The number of nitrogens with zero attached hydrogens (tertiary/aromatic N) is 6. The second-order valence-electron chi connectivity index (χ2n) is 10.9. The zero-order valence-electron chi connectivity index (χ0n) is 22.2. The molecule has 1 amide bonds. The zero-order valence-corrected chi connectivity index (χ0v) is 23.0. The third-order valence-corrected chi connectivity index (χ3v) is 7.88. The summed E-state index contributed by atoms with van der Waals surface area (Å²) in [6.07, 6.45) is 1.05. The molecule has 1 aliphatic rings. The summed E-state index contributed by atoms with van der Waals surface area (Å²) < 4.78 is 83.8. The van der Waals surface area contributed by atoms with Crippen molar-refractivity contribution >= 4 is 28.8 Å². The second kappa shape index (κ2) is 11.3. The van der Waals surface area contributed by atoms with E-state index in [4.69, 9.17) is 0 Å². The molecule has 1 N–H and O–H groups in total. The standard InChI is InChI=1S/C25H30F5N7O2S/c1-23(2,3)40(39)33-12-16-10-20-34-19(15-37(20)32-11-16)21(17-4-6-24(26,27)7-5-17)35-22(38)18-13-31-36(14-18)9-8-25(28,29)30/h10-15,17,21H,4-9H2,1-3H3,(H,35,38)/t21-,40-/m0/s1. The molecule has 3 heterocycles. The minimum Gasteiger partial charge on any atom is -0.343 e. The van der Waals surface area contributed by atoms with E-state index in [0.29, 0.717) is 16.9 Å². The number of carbonyl (C=O) groups is 1. The molecule has 3 aromatic heterocycles. The van der Waals surface area contributed by atoms with Crippen LogP contribution in [0.15, 0.2) is 35.3 Å². The summed E-state index contributed by atoms with van der Waals surface area (Å²) in [7, 11) is -1.47. The number of nitrogens with one attached hydrogen (secondary N) is 1. The van der Waals surface area contributed by atoms with Crippen molar-refractivity contribution in [2.24, 2.45) is 10.3 Å². The Bertz CT molecular complexity index is 1400. The Morgan fingerprint density at radius 3 is 2.55 bits per heavy atom. The predicted octanol–water partition coefficient (Wildman–Crippen LogP) is 5.06. The lowest BCUT2D eigenvalue weighted by Gasteiger charge is -2.33. The lowest BCUT2D eigenvalue weighted by atomic mass is 9.81. The van der Waals surface area contributed by atoms with Crippen LogP contribution in [0.4, 0.5) is 22.0 Å². The van der Waals surface area contributed by atoms with Crippen LogP contribution in [0.1, 0.15) is 80.5 Å². The van der Waals surface area contributed by atoms with Crippen LogP contribution in [0.2, 0.25) is 0 Å². The predicted molar refractivity (Wildman–Crippen MR) is 138 cm³/mol. The van der Waals surface area contributed by atoms with Gasteiger partial charge in [0, 0.05) is 37.4 Å². The number of imidazole rings is 1. The molecule has 3 aromatic rings. The number of halogens is 5. The van der Waals surface area contributed by atoms with Gasteiger partial charge in [-0.3, -0.25) is 9.48 Å². The maximum atomic E-state index is 13.9. The maximum absolute atomic E-state index is 13.9. The van der Waals surface area contributed by atoms with Crippen LogP contribution < -0.4 is 5.32 Å². The first-order valence-electron chi connectivity index (χ1n) is 12.7. The van der Waals surface area contributed by atoms with Crippen molar-refractivity contribution in [1.29, 1.82) is 0 Å². The number of amides is 1. The molecule has 0 spiro atoms. The molecule has 0 aliphatic heterocycles. The quantitative estimate of drug-likeness (QED) is 0.293. The number of hydrogen-bond acceptors (Lipinski definition) is 5.